The minimum Gasteiger partial charge on any atom is -0.465 e. The second kappa shape index (κ2) is 10.7. The maximum absolute atomic E-state index is 12.6. The van der Waals surface area contributed by atoms with Crippen molar-refractivity contribution in [3.8, 4) is 11.8 Å². The number of hydrogen-bond donors (Lipinski definition) is 1. The lowest BCUT2D eigenvalue weighted by Crippen LogP contribution is -2.14. The van der Waals surface area contributed by atoms with Crippen LogP contribution >= 0.6 is 11.6 Å². The fourth-order valence-corrected chi connectivity index (χ4v) is 3.93. The van der Waals surface area contributed by atoms with E-state index in [2.05, 4.69) is 10.1 Å². The molecule has 0 atom stereocenters. The smallest absolute Gasteiger partial charge is 0.339 e. The first kappa shape index (κ1) is 24.5. The van der Waals surface area contributed by atoms with Gasteiger partial charge in [-0.15, -0.1) is 0 Å². The van der Waals surface area contributed by atoms with Crippen molar-refractivity contribution >= 4 is 45.4 Å². The first-order chi connectivity index (χ1) is 16.2. The molecule has 0 spiro atoms. The third kappa shape index (κ3) is 6.01. The Kier molecular flexibility index (Phi) is 7.68. The number of rotatable bonds is 7. The number of amides is 1. The minimum atomic E-state index is -4.17. The van der Waals surface area contributed by atoms with Gasteiger partial charge in [-0.25, -0.2) is 4.79 Å². The van der Waals surface area contributed by atoms with Crippen molar-refractivity contribution in [2.24, 2.45) is 0 Å². The standard InChI is InChI=1S/C24H17ClN2O6S/c1-32-24(29)16-7-10-20(11-8-16)27-23(28)18(15-26)13-17-14-19(25)9-12-22(17)33-34(30,31)21-5-3-2-4-6-21/h2-14H,1H3,(H,27,28)/b18-13+. The zero-order valence-corrected chi connectivity index (χ0v) is 19.3. The Bertz CT molecular complexity index is 1400. The Hall–Kier alpha value is -4.13. The van der Waals surface area contributed by atoms with Gasteiger partial charge >= 0.3 is 16.1 Å². The number of benzene rings is 3. The highest BCUT2D eigenvalue weighted by molar-refractivity contribution is 7.87. The third-order valence-corrected chi connectivity index (χ3v) is 5.92. The van der Waals surface area contributed by atoms with E-state index in [4.69, 9.17) is 15.8 Å². The van der Waals surface area contributed by atoms with Crippen LogP contribution in [0.3, 0.4) is 0 Å². The molecule has 0 aromatic heterocycles. The van der Waals surface area contributed by atoms with E-state index < -0.39 is 22.0 Å². The summed E-state index contributed by atoms with van der Waals surface area (Å²) in [6, 6.07) is 19.3. The summed E-state index contributed by atoms with van der Waals surface area (Å²) in [6.45, 7) is 0. The molecule has 0 aliphatic heterocycles. The number of hydrogen-bond acceptors (Lipinski definition) is 7. The maximum atomic E-state index is 12.6. The van der Waals surface area contributed by atoms with Gasteiger partial charge in [0, 0.05) is 16.3 Å². The third-order valence-electron chi connectivity index (χ3n) is 4.43. The summed E-state index contributed by atoms with van der Waals surface area (Å²) in [7, 11) is -2.92. The molecule has 0 saturated heterocycles. The van der Waals surface area contributed by atoms with E-state index in [0.717, 1.165) is 0 Å². The van der Waals surface area contributed by atoms with E-state index in [-0.39, 0.29) is 32.4 Å². The van der Waals surface area contributed by atoms with Crippen molar-refractivity contribution < 1.29 is 26.9 Å². The maximum Gasteiger partial charge on any atom is 0.339 e. The van der Waals surface area contributed by atoms with Crippen LogP contribution < -0.4 is 9.50 Å². The topological polar surface area (TPSA) is 123 Å². The number of esters is 1. The lowest BCUT2D eigenvalue weighted by atomic mass is 10.1. The number of methoxy groups -OCH3 is 1. The van der Waals surface area contributed by atoms with Crippen LogP contribution in [0.5, 0.6) is 5.75 Å². The number of carbonyl (C=O) groups excluding carboxylic acids is 2. The molecule has 0 bridgehead atoms. The van der Waals surface area contributed by atoms with Crippen LogP contribution in [0.25, 0.3) is 6.08 Å². The Morgan fingerprint density at radius 2 is 1.71 bits per heavy atom. The number of carbonyl (C=O) groups is 2. The lowest BCUT2D eigenvalue weighted by molar-refractivity contribution is -0.112. The molecule has 0 radical (unpaired) electrons. The quantitative estimate of drug-likeness (QED) is 0.222. The van der Waals surface area contributed by atoms with E-state index >= 15 is 0 Å². The normalized spacial score (nSPS) is 11.3. The highest BCUT2D eigenvalue weighted by atomic mass is 35.5. The first-order valence-corrected chi connectivity index (χ1v) is 11.4. The molecule has 0 unspecified atom stereocenters. The number of nitrogens with one attached hydrogen (secondary N) is 1. The van der Waals surface area contributed by atoms with Crippen molar-refractivity contribution in [3.05, 3.63) is 94.5 Å². The van der Waals surface area contributed by atoms with Crippen LogP contribution in [0.15, 0.2) is 83.3 Å². The highest BCUT2D eigenvalue weighted by Crippen LogP contribution is 2.28. The number of ether oxygens (including phenoxy) is 1. The first-order valence-electron chi connectivity index (χ1n) is 9.64. The molecule has 34 heavy (non-hydrogen) atoms. The van der Waals surface area contributed by atoms with Crippen molar-refractivity contribution in [1.82, 2.24) is 0 Å². The van der Waals surface area contributed by atoms with Crippen molar-refractivity contribution in [1.29, 1.82) is 5.26 Å². The second-order valence-corrected chi connectivity index (χ2v) is 8.71. The molecule has 0 fully saturated rings. The van der Waals surface area contributed by atoms with Gasteiger partial charge in [-0.2, -0.15) is 13.7 Å². The van der Waals surface area contributed by atoms with E-state index in [1.807, 2.05) is 0 Å². The molecule has 0 aliphatic rings. The Morgan fingerprint density at radius 3 is 2.32 bits per heavy atom. The summed E-state index contributed by atoms with van der Waals surface area (Å²) >= 11 is 6.04. The number of nitrogens with zero attached hydrogens (tertiary/aromatic N) is 1. The van der Waals surface area contributed by atoms with Gasteiger partial charge < -0.3 is 14.2 Å². The molecule has 0 heterocycles. The summed E-state index contributed by atoms with van der Waals surface area (Å²) in [5.74, 6) is -1.41. The van der Waals surface area contributed by atoms with Gasteiger partial charge in [0.05, 0.1) is 12.7 Å². The van der Waals surface area contributed by atoms with Crippen molar-refractivity contribution in [3.63, 3.8) is 0 Å². The van der Waals surface area contributed by atoms with Crippen LogP contribution in [0.1, 0.15) is 15.9 Å². The number of anilines is 1. The molecule has 8 nitrogen and oxygen atoms in total. The van der Waals surface area contributed by atoms with Gasteiger partial charge in [-0.3, -0.25) is 4.79 Å². The Balaban J connectivity index is 1.88. The van der Waals surface area contributed by atoms with Gasteiger partial charge in [0.1, 0.15) is 22.3 Å². The fraction of sp³-hybridized carbons (Fsp3) is 0.0417. The molecule has 0 aliphatic carbocycles. The van der Waals surface area contributed by atoms with Gasteiger partial charge in [0.15, 0.2) is 0 Å². The van der Waals surface area contributed by atoms with Crippen LogP contribution in [-0.4, -0.2) is 27.4 Å². The Labute approximate surface area is 201 Å². The molecule has 172 valence electrons. The summed E-state index contributed by atoms with van der Waals surface area (Å²) in [5, 5.41) is 12.3. The van der Waals surface area contributed by atoms with Gasteiger partial charge in [-0.05, 0) is 60.7 Å². The van der Waals surface area contributed by atoms with Crippen LogP contribution in [0, 0.1) is 11.3 Å². The van der Waals surface area contributed by atoms with Gasteiger partial charge in [0.25, 0.3) is 5.91 Å². The van der Waals surface area contributed by atoms with Crippen LogP contribution in [-0.2, 0) is 19.6 Å². The molecule has 1 N–H and O–H groups in total. The zero-order valence-electron chi connectivity index (χ0n) is 17.7. The molecule has 10 heteroatoms. The summed E-state index contributed by atoms with van der Waals surface area (Å²) < 4.78 is 35.1. The minimum absolute atomic E-state index is 0.0615. The van der Waals surface area contributed by atoms with E-state index in [9.17, 15) is 23.3 Å². The molecular weight excluding hydrogens is 480 g/mol. The number of nitriles is 1. The highest BCUT2D eigenvalue weighted by Gasteiger charge is 2.19. The molecule has 3 aromatic carbocycles. The SMILES string of the molecule is COC(=O)c1ccc(NC(=O)/C(C#N)=C/c2cc(Cl)ccc2OS(=O)(=O)c2ccccc2)cc1. The lowest BCUT2D eigenvalue weighted by Gasteiger charge is -2.11. The Morgan fingerprint density at radius 1 is 1.03 bits per heavy atom. The van der Waals surface area contributed by atoms with Crippen LogP contribution in [0.4, 0.5) is 5.69 Å². The molecule has 1 amide bonds. The fourth-order valence-electron chi connectivity index (χ4n) is 2.77. The largest absolute Gasteiger partial charge is 0.465 e. The summed E-state index contributed by atoms with van der Waals surface area (Å²) in [6.07, 6.45) is 1.17. The average molecular weight is 497 g/mol. The van der Waals surface area contributed by atoms with Gasteiger partial charge in [0.2, 0.25) is 0 Å². The number of halogens is 1. The van der Waals surface area contributed by atoms with Gasteiger partial charge in [-0.1, -0.05) is 29.8 Å². The van der Waals surface area contributed by atoms with E-state index in [1.165, 1.54) is 67.8 Å². The predicted molar refractivity (Wildman–Crippen MR) is 126 cm³/mol. The average Bonchev–Trinajstić information content (AvgIpc) is 2.84. The van der Waals surface area contributed by atoms with E-state index in [1.54, 1.807) is 24.3 Å². The van der Waals surface area contributed by atoms with Crippen LogP contribution in [0.2, 0.25) is 5.02 Å². The summed E-state index contributed by atoms with van der Waals surface area (Å²) in [4.78, 5) is 24.1. The predicted octanol–water partition coefficient (Wildman–Crippen LogP) is 4.44. The molecule has 0 saturated carbocycles. The molecule has 3 aromatic rings. The van der Waals surface area contributed by atoms with Crippen molar-refractivity contribution in [2.75, 3.05) is 12.4 Å². The summed E-state index contributed by atoms with van der Waals surface area (Å²) in [5.41, 5.74) is 0.394. The van der Waals surface area contributed by atoms with E-state index in [0.29, 0.717) is 5.69 Å². The molecule has 3 rings (SSSR count). The zero-order chi connectivity index (χ0) is 24.7. The van der Waals surface area contributed by atoms with Crippen molar-refractivity contribution in [2.45, 2.75) is 4.90 Å². The molecular formula is C24H17ClN2O6S. The second-order valence-electron chi connectivity index (χ2n) is 6.73. The monoisotopic (exact) mass is 496 g/mol.